The van der Waals surface area contributed by atoms with Crippen molar-refractivity contribution >= 4 is 5.91 Å². The van der Waals surface area contributed by atoms with Gasteiger partial charge in [-0.3, -0.25) is 4.79 Å². The van der Waals surface area contributed by atoms with Crippen molar-refractivity contribution in [1.29, 1.82) is 0 Å². The highest BCUT2D eigenvalue weighted by Gasteiger charge is 2.21. The maximum absolute atomic E-state index is 11.1. The zero-order valence-corrected chi connectivity index (χ0v) is 9.77. The average molecular weight is 223 g/mol. The molecule has 0 aromatic heterocycles. The van der Waals surface area contributed by atoms with Gasteiger partial charge in [0.15, 0.2) is 6.10 Å². The molecule has 4 heteroatoms. The first-order chi connectivity index (χ1) is 7.54. The molecule has 1 atom stereocenters. The summed E-state index contributed by atoms with van der Waals surface area (Å²) >= 11 is 0. The highest BCUT2D eigenvalue weighted by Crippen LogP contribution is 2.19. The Morgan fingerprint density at radius 2 is 1.69 bits per heavy atom. The van der Waals surface area contributed by atoms with Crippen molar-refractivity contribution in [1.82, 2.24) is 0 Å². The van der Waals surface area contributed by atoms with Crippen molar-refractivity contribution in [3.8, 4) is 11.5 Å². The highest BCUT2D eigenvalue weighted by molar-refractivity contribution is 5.79. The quantitative estimate of drug-likeness (QED) is 0.824. The summed E-state index contributed by atoms with van der Waals surface area (Å²) in [6.45, 7) is 3.78. The van der Waals surface area contributed by atoms with Gasteiger partial charge < -0.3 is 15.2 Å². The number of ether oxygens (including phenoxy) is 2. The molecule has 0 fully saturated rings. The first kappa shape index (κ1) is 12.4. The largest absolute Gasteiger partial charge is 0.497 e. The standard InChI is InChI=1S/C12H17NO3/c1-8(2)11(12(13)14)16-10-6-4-9(15-3)5-7-10/h4-8,11H,1-3H3,(H2,13,14). The van der Waals surface area contributed by atoms with Crippen LogP contribution in [0.2, 0.25) is 0 Å². The Bertz CT molecular complexity index is 346. The molecule has 1 amide bonds. The van der Waals surface area contributed by atoms with Crippen molar-refractivity contribution < 1.29 is 14.3 Å². The molecule has 0 saturated heterocycles. The second kappa shape index (κ2) is 5.39. The van der Waals surface area contributed by atoms with Crippen LogP contribution in [-0.2, 0) is 4.79 Å². The number of benzene rings is 1. The number of rotatable bonds is 5. The molecule has 88 valence electrons. The van der Waals surface area contributed by atoms with Gasteiger partial charge in [0.1, 0.15) is 11.5 Å². The number of amides is 1. The van der Waals surface area contributed by atoms with Gasteiger partial charge in [-0.15, -0.1) is 0 Å². The molecule has 0 aliphatic rings. The van der Waals surface area contributed by atoms with E-state index in [2.05, 4.69) is 0 Å². The third-order valence-electron chi connectivity index (χ3n) is 2.21. The number of nitrogens with two attached hydrogens (primary N) is 1. The van der Waals surface area contributed by atoms with Gasteiger partial charge in [0, 0.05) is 0 Å². The van der Waals surface area contributed by atoms with E-state index in [1.54, 1.807) is 31.4 Å². The molecule has 0 aliphatic carbocycles. The third kappa shape index (κ3) is 3.15. The summed E-state index contributed by atoms with van der Waals surface area (Å²) in [5.74, 6) is 0.941. The van der Waals surface area contributed by atoms with E-state index in [0.717, 1.165) is 5.75 Å². The average Bonchev–Trinajstić information content (AvgIpc) is 2.25. The van der Waals surface area contributed by atoms with E-state index in [1.165, 1.54) is 0 Å². The first-order valence-corrected chi connectivity index (χ1v) is 5.14. The molecule has 4 nitrogen and oxygen atoms in total. The van der Waals surface area contributed by atoms with Crippen LogP contribution in [0, 0.1) is 5.92 Å². The van der Waals surface area contributed by atoms with Crippen LogP contribution in [-0.4, -0.2) is 19.1 Å². The third-order valence-corrected chi connectivity index (χ3v) is 2.21. The zero-order chi connectivity index (χ0) is 12.1. The predicted octanol–water partition coefficient (Wildman–Crippen LogP) is 1.58. The summed E-state index contributed by atoms with van der Waals surface area (Å²) in [4.78, 5) is 11.1. The summed E-state index contributed by atoms with van der Waals surface area (Å²) in [5.41, 5.74) is 5.25. The van der Waals surface area contributed by atoms with Crippen molar-refractivity contribution in [2.75, 3.05) is 7.11 Å². The predicted molar refractivity (Wildman–Crippen MR) is 61.4 cm³/mol. The van der Waals surface area contributed by atoms with Crippen LogP contribution in [0.5, 0.6) is 11.5 Å². The van der Waals surface area contributed by atoms with E-state index in [9.17, 15) is 4.79 Å². The van der Waals surface area contributed by atoms with Gasteiger partial charge >= 0.3 is 0 Å². The monoisotopic (exact) mass is 223 g/mol. The van der Waals surface area contributed by atoms with Crippen LogP contribution < -0.4 is 15.2 Å². The van der Waals surface area contributed by atoms with E-state index in [4.69, 9.17) is 15.2 Å². The van der Waals surface area contributed by atoms with Gasteiger partial charge in [-0.2, -0.15) is 0 Å². The molecule has 1 aromatic carbocycles. The number of hydrogen-bond donors (Lipinski definition) is 1. The number of hydrogen-bond acceptors (Lipinski definition) is 3. The lowest BCUT2D eigenvalue weighted by Crippen LogP contribution is -2.37. The fourth-order valence-corrected chi connectivity index (χ4v) is 1.32. The summed E-state index contributed by atoms with van der Waals surface area (Å²) < 4.78 is 10.5. The molecule has 0 heterocycles. The van der Waals surface area contributed by atoms with Crippen molar-refractivity contribution in [2.45, 2.75) is 20.0 Å². The Balaban J connectivity index is 2.74. The Morgan fingerprint density at radius 3 is 2.06 bits per heavy atom. The summed E-state index contributed by atoms with van der Waals surface area (Å²) in [6, 6.07) is 7.04. The fourth-order valence-electron chi connectivity index (χ4n) is 1.32. The van der Waals surface area contributed by atoms with Gasteiger partial charge in [0.2, 0.25) is 0 Å². The molecular weight excluding hydrogens is 206 g/mol. The van der Waals surface area contributed by atoms with E-state index < -0.39 is 12.0 Å². The first-order valence-electron chi connectivity index (χ1n) is 5.14. The second-order valence-electron chi connectivity index (χ2n) is 3.86. The maximum atomic E-state index is 11.1. The van der Waals surface area contributed by atoms with E-state index in [1.807, 2.05) is 13.8 Å². The number of primary amides is 1. The lowest BCUT2D eigenvalue weighted by Gasteiger charge is -2.19. The van der Waals surface area contributed by atoms with E-state index in [0.29, 0.717) is 5.75 Å². The number of methoxy groups -OCH3 is 1. The molecule has 0 saturated carbocycles. The van der Waals surface area contributed by atoms with E-state index >= 15 is 0 Å². The van der Waals surface area contributed by atoms with Crippen molar-refractivity contribution in [3.05, 3.63) is 24.3 Å². The van der Waals surface area contributed by atoms with Crippen LogP contribution in [0.4, 0.5) is 0 Å². The van der Waals surface area contributed by atoms with Gasteiger partial charge in [-0.25, -0.2) is 0 Å². The Labute approximate surface area is 95.3 Å². The minimum atomic E-state index is -0.603. The minimum Gasteiger partial charge on any atom is -0.497 e. The molecule has 1 unspecified atom stereocenters. The smallest absolute Gasteiger partial charge is 0.258 e. The van der Waals surface area contributed by atoms with Crippen LogP contribution in [0.25, 0.3) is 0 Å². The van der Waals surface area contributed by atoms with Gasteiger partial charge in [0.25, 0.3) is 5.91 Å². The maximum Gasteiger partial charge on any atom is 0.258 e. The fraction of sp³-hybridized carbons (Fsp3) is 0.417. The Morgan fingerprint density at radius 1 is 1.19 bits per heavy atom. The Kier molecular flexibility index (Phi) is 4.17. The molecule has 1 aromatic rings. The molecule has 0 spiro atoms. The van der Waals surface area contributed by atoms with Gasteiger partial charge in [-0.1, -0.05) is 13.8 Å². The van der Waals surface area contributed by atoms with Crippen molar-refractivity contribution in [3.63, 3.8) is 0 Å². The zero-order valence-electron chi connectivity index (χ0n) is 9.77. The second-order valence-corrected chi connectivity index (χ2v) is 3.86. The lowest BCUT2D eigenvalue weighted by atomic mass is 10.1. The molecule has 0 radical (unpaired) electrons. The normalized spacial score (nSPS) is 12.2. The SMILES string of the molecule is COc1ccc(OC(C(N)=O)C(C)C)cc1. The topological polar surface area (TPSA) is 61.6 Å². The van der Waals surface area contributed by atoms with Crippen LogP contribution >= 0.6 is 0 Å². The van der Waals surface area contributed by atoms with E-state index in [-0.39, 0.29) is 5.92 Å². The minimum absolute atomic E-state index is 0.0413. The number of carbonyl (C=O) groups is 1. The Hall–Kier alpha value is -1.71. The molecule has 0 aliphatic heterocycles. The summed E-state index contributed by atoms with van der Waals surface area (Å²) in [7, 11) is 1.59. The van der Waals surface area contributed by atoms with Crippen molar-refractivity contribution in [2.24, 2.45) is 11.7 Å². The van der Waals surface area contributed by atoms with Crippen LogP contribution in [0.15, 0.2) is 24.3 Å². The molecular formula is C12H17NO3. The highest BCUT2D eigenvalue weighted by atomic mass is 16.5. The lowest BCUT2D eigenvalue weighted by molar-refractivity contribution is -0.126. The molecule has 16 heavy (non-hydrogen) atoms. The summed E-state index contributed by atoms with van der Waals surface area (Å²) in [5, 5.41) is 0. The molecule has 1 rings (SSSR count). The molecule has 2 N–H and O–H groups in total. The summed E-state index contributed by atoms with van der Waals surface area (Å²) in [6.07, 6.45) is -0.603. The van der Waals surface area contributed by atoms with Gasteiger partial charge in [-0.05, 0) is 30.2 Å². The van der Waals surface area contributed by atoms with Crippen LogP contribution in [0.1, 0.15) is 13.8 Å². The van der Waals surface area contributed by atoms with Gasteiger partial charge in [0.05, 0.1) is 7.11 Å². The van der Waals surface area contributed by atoms with Crippen LogP contribution in [0.3, 0.4) is 0 Å². The number of carbonyl (C=O) groups excluding carboxylic acids is 1. The molecule has 0 bridgehead atoms.